The van der Waals surface area contributed by atoms with Crippen LogP contribution in [0.4, 0.5) is 13.2 Å². The largest absolute Gasteiger partial charge is 0.461 e. The van der Waals surface area contributed by atoms with Crippen molar-refractivity contribution in [3.8, 4) is 5.13 Å². The highest BCUT2D eigenvalue weighted by Gasteiger charge is 2.41. The summed E-state index contributed by atoms with van der Waals surface area (Å²) in [6, 6.07) is 5.20. The molecule has 37 heavy (non-hydrogen) atoms. The van der Waals surface area contributed by atoms with Crippen LogP contribution in [0.1, 0.15) is 46.9 Å². The van der Waals surface area contributed by atoms with Crippen molar-refractivity contribution in [2.75, 3.05) is 6.61 Å². The number of allylic oxidation sites excluding steroid dienone is 5. The second-order valence-electron chi connectivity index (χ2n) is 7.54. The molecular formula is C24H23F3N4O4S2. The second kappa shape index (κ2) is 11.2. The molecule has 2 aromatic heterocycles. The summed E-state index contributed by atoms with van der Waals surface area (Å²) in [5, 5.41) is 10.5. The Morgan fingerprint density at radius 1 is 1.27 bits per heavy atom. The molecule has 3 rings (SSSR count). The standard InChI is InChI=1S/C24H23F3N4O4S2/c1-4-7-8-16(5-2)20-18(13-15-9-11-17(12-10-15)37(28,33)34)21(24(25,26)27)31(30-20)23-29-19(14-36-23)22(32)35-6-3/h4-5,7-12,14H,2,6,13H2,1,3H3,(H2,28,33,34)/b7-4-,16-8+. The molecule has 1 aromatic carbocycles. The molecular weight excluding hydrogens is 529 g/mol. The van der Waals surface area contributed by atoms with Crippen molar-refractivity contribution in [3.05, 3.63) is 88.7 Å². The first kappa shape index (κ1) is 28.0. The van der Waals surface area contributed by atoms with Gasteiger partial charge in [-0.1, -0.05) is 43.0 Å². The fourth-order valence-corrected chi connectivity index (χ4v) is 4.65. The van der Waals surface area contributed by atoms with Gasteiger partial charge in [-0.2, -0.15) is 18.3 Å². The second-order valence-corrected chi connectivity index (χ2v) is 9.94. The average molecular weight is 553 g/mol. The predicted molar refractivity (Wildman–Crippen MR) is 134 cm³/mol. The zero-order chi connectivity index (χ0) is 27.4. The number of rotatable bonds is 9. The summed E-state index contributed by atoms with van der Waals surface area (Å²) in [6.07, 6.45) is 1.18. The number of thiazole rings is 1. The van der Waals surface area contributed by atoms with Gasteiger partial charge in [-0.05, 0) is 31.5 Å². The Hall–Kier alpha value is -3.55. The van der Waals surface area contributed by atoms with Gasteiger partial charge < -0.3 is 4.74 Å². The molecule has 0 aliphatic rings. The van der Waals surface area contributed by atoms with E-state index < -0.39 is 27.9 Å². The molecule has 0 saturated heterocycles. The van der Waals surface area contributed by atoms with Crippen molar-refractivity contribution in [2.45, 2.75) is 31.3 Å². The lowest BCUT2D eigenvalue weighted by Crippen LogP contribution is -2.16. The number of nitrogens with zero attached hydrogens (tertiary/aromatic N) is 3. The van der Waals surface area contributed by atoms with Crippen LogP contribution in [0.15, 0.2) is 65.4 Å². The van der Waals surface area contributed by atoms with Crippen LogP contribution in [0.3, 0.4) is 0 Å². The van der Waals surface area contributed by atoms with Crippen LogP contribution in [0.5, 0.6) is 0 Å². The topological polar surface area (TPSA) is 117 Å². The van der Waals surface area contributed by atoms with Gasteiger partial charge in [0.2, 0.25) is 15.2 Å². The molecule has 8 nitrogen and oxygen atoms in total. The van der Waals surface area contributed by atoms with Crippen molar-refractivity contribution < 1.29 is 31.1 Å². The number of hydrogen-bond donors (Lipinski definition) is 1. The molecule has 0 radical (unpaired) electrons. The highest BCUT2D eigenvalue weighted by molar-refractivity contribution is 7.89. The van der Waals surface area contributed by atoms with Gasteiger partial charge in [-0.15, -0.1) is 11.3 Å². The fourth-order valence-electron chi connectivity index (χ4n) is 3.38. The van der Waals surface area contributed by atoms with E-state index in [2.05, 4.69) is 16.7 Å². The van der Waals surface area contributed by atoms with Gasteiger partial charge in [-0.25, -0.2) is 28.0 Å². The number of nitrogens with two attached hydrogens (primary N) is 1. The Kier molecular flexibility index (Phi) is 8.51. The first-order valence-electron chi connectivity index (χ1n) is 10.8. The molecule has 13 heteroatoms. The third-order valence-electron chi connectivity index (χ3n) is 5.00. The normalized spacial score (nSPS) is 12.8. The van der Waals surface area contributed by atoms with Crippen LogP contribution in [-0.4, -0.2) is 35.8 Å². The summed E-state index contributed by atoms with van der Waals surface area (Å²) < 4.78 is 72.2. The van der Waals surface area contributed by atoms with Gasteiger partial charge in [0.05, 0.1) is 17.2 Å². The highest BCUT2D eigenvalue weighted by atomic mass is 32.2. The Balaban J connectivity index is 2.25. The quantitative estimate of drug-likeness (QED) is 0.298. The Morgan fingerprint density at radius 3 is 2.49 bits per heavy atom. The minimum Gasteiger partial charge on any atom is -0.461 e. The average Bonchev–Trinajstić information content (AvgIpc) is 3.45. The Bertz CT molecular complexity index is 1470. The van der Waals surface area contributed by atoms with E-state index in [-0.39, 0.29) is 40.0 Å². The number of primary sulfonamides is 1. The summed E-state index contributed by atoms with van der Waals surface area (Å²) in [6.45, 7) is 7.14. The van der Waals surface area contributed by atoms with Gasteiger partial charge in [0.1, 0.15) is 0 Å². The molecule has 0 spiro atoms. The number of sulfonamides is 1. The fraction of sp³-hybridized carbons (Fsp3) is 0.208. The Labute approximate surface area is 215 Å². The molecule has 2 N–H and O–H groups in total. The van der Waals surface area contributed by atoms with E-state index in [0.29, 0.717) is 15.8 Å². The van der Waals surface area contributed by atoms with Gasteiger partial charge in [0.25, 0.3) is 0 Å². The summed E-state index contributed by atoms with van der Waals surface area (Å²) in [7, 11) is -3.97. The maximum atomic E-state index is 14.5. The first-order chi connectivity index (χ1) is 17.4. The van der Waals surface area contributed by atoms with Crippen molar-refractivity contribution in [2.24, 2.45) is 5.14 Å². The van der Waals surface area contributed by atoms with E-state index in [1.807, 2.05) is 0 Å². The number of benzene rings is 1. The number of aromatic nitrogens is 3. The molecule has 2 heterocycles. The zero-order valence-electron chi connectivity index (χ0n) is 19.8. The molecule has 0 fully saturated rings. The zero-order valence-corrected chi connectivity index (χ0v) is 21.5. The number of hydrogen-bond acceptors (Lipinski definition) is 7. The third-order valence-corrected chi connectivity index (χ3v) is 6.75. The van der Waals surface area contributed by atoms with Crippen LogP contribution in [-0.2, 0) is 27.4 Å². The lowest BCUT2D eigenvalue weighted by Gasteiger charge is -2.12. The van der Waals surface area contributed by atoms with E-state index in [4.69, 9.17) is 9.88 Å². The molecule has 0 atom stereocenters. The highest BCUT2D eigenvalue weighted by Crippen LogP contribution is 2.39. The van der Waals surface area contributed by atoms with E-state index in [9.17, 15) is 26.4 Å². The van der Waals surface area contributed by atoms with Crippen molar-refractivity contribution >= 4 is 32.9 Å². The molecule has 196 valence electrons. The maximum absolute atomic E-state index is 14.5. The van der Waals surface area contributed by atoms with E-state index in [0.717, 1.165) is 11.3 Å². The smallest absolute Gasteiger partial charge is 0.433 e. The molecule has 0 aliphatic carbocycles. The number of alkyl halides is 3. The Morgan fingerprint density at radius 2 is 1.95 bits per heavy atom. The number of halogens is 3. The van der Waals surface area contributed by atoms with Crippen LogP contribution >= 0.6 is 11.3 Å². The molecule has 0 saturated carbocycles. The van der Waals surface area contributed by atoms with Gasteiger partial charge in [0.15, 0.2) is 11.4 Å². The van der Waals surface area contributed by atoms with E-state index in [1.165, 1.54) is 35.7 Å². The van der Waals surface area contributed by atoms with Crippen molar-refractivity contribution in [1.82, 2.24) is 14.8 Å². The lowest BCUT2D eigenvalue weighted by atomic mass is 9.98. The van der Waals surface area contributed by atoms with E-state index >= 15 is 0 Å². The number of carbonyl (C=O) groups is 1. The number of esters is 1. The van der Waals surface area contributed by atoms with Gasteiger partial charge in [0, 0.05) is 22.9 Å². The van der Waals surface area contributed by atoms with Crippen LogP contribution in [0.25, 0.3) is 10.7 Å². The molecule has 0 unspecified atom stereocenters. The van der Waals surface area contributed by atoms with Gasteiger partial charge >= 0.3 is 12.1 Å². The molecule has 0 bridgehead atoms. The van der Waals surface area contributed by atoms with Crippen molar-refractivity contribution in [3.63, 3.8) is 0 Å². The summed E-state index contributed by atoms with van der Waals surface area (Å²) in [5.41, 5.74) is -0.694. The van der Waals surface area contributed by atoms with Crippen LogP contribution < -0.4 is 5.14 Å². The minimum atomic E-state index is -4.86. The molecule has 0 aliphatic heterocycles. The van der Waals surface area contributed by atoms with Crippen LogP contribution in [0, 0.1) is 0 Å². The molecule has 0 amide bonds. The SMILES string of the molecule is C=C/C(=C\C=C/C)c1nn(-c2nc(C(=O)OCC)cs2)c(C(F)(F)F)c1Cc1ccc(S(N)(=O)=O)cc1. The van der Waals surface area contributed by atoms with Crippen LogP contribution in [0.2, 0.25) is 0 Å². The minimum absolute atomic E-state index is 0.00355. The summed E-state index contributed by atoms with van der Waals surface area (Å²) >= 11 is 0.806. The van der Waals surface area contributed by atoms with E-state index in [1.54, 1.807) is 32.1 Å². The number of carbonyl (C=O) groups excluding carboxylic acids is 1. The molecule has 3 aromatic rings. The maximum Gasteiger partial charge on any atom is 0.433 e. The monoisotopic (exact) mass is 552 g/mol. The number of ether oxygens (including phenoxy) is 1. The third kappa shape index (κ3) is 6.42. The summed E-state index contributed by atoms with van der Waals surface area (Å²) in [5.74, 6) is -0.763. The summed E-state index contributed by atoms with van der Waals surface area (Å²) in [4.78, 5) is 15.9. The van der Waals surface area contributed by atoms with Gasteiger partial charge in [-0.3, -0.25) is 0 Å². The lowest BCUT2D eigenvalue weighted by molar-refractivity contribution is -0.143. The predicted octanol–water partition coefficient (Wildman–Crippen LogP) is 4.91. The first-order valence-corrected chi connectivity index (χ1v) is 13.2. The van der Waals surface area contributed by atoms with Crippen molar-refractivity contribution in [1.29, 1.82) is 0 Å².